The molecule has 0 unspecified atom stereocenters. The van der Waals surface area contributed by atoms with Crippen LogP contribution in [0.2, 0.25) is 0 Å². The quantitative estimate of drug-likeness (QED) is 0.252. The lowest BCUT2D eigenvalue weighted by atomic mass is 10.0. The fourth-order valence-corrected chi connectivity index (χ4v) is 5.00. The molecule has 9 nitrogen and oxygen atoms in total. The van der Waals surface area contributed by atoms with Crippen LogP contribution in [-0.2, 0) is 22.6 Å². The monoisotopic (exact) mass is 579 g/mol. The van der Waals surface area contributed by atoms with E-state index >= 15 is 0 Å². The number of alkyl carbamates (subject to hydrolysis) is 1. The zero-order valence-electron chi connectivity index (χ0n) is 24.4. The van der Waals surface area contributed by atoms with Crippen LogP contribution in [0.25, 0.3) is 11.1 Å². The first-order valence-electron chi connectivity index (χ1n) is 14.4. The van der Waals surface area contributed by atoms with E-state index in [1.807, 2.05) is 66.7 Å². The van der Waals surface area contributed by atoms with E-state index in [0.717, 1.165) is 60.7 Å². The average Bonchev–Trinajstić information content (AvgIpc) is 3.07. The summed E-state index contributed by atoms with van der Waals surface area (Å²) in [7, 11) is 1.72. The molecule has 4 aromatic rings. The molecule has 43 heavy (non-hydrogen) atoms. The molecule has 0 radical (unpaired) electrons. The van der Waals surface area contributed by atoms with Crippen molar-refractivity contribution >= 4 is 23.4 Å². The minimum absolute atomic E-state index is 0.154. The van der Waals surface area contributed by atoms with E-state index in [9.17, 15) is 9.59 Å². The van der Waals surface area contributed by atoms with Crippen molar-refractivity contribution in [2.75, 3.05) is 56.7 Å². The third kappa shape index (κ3) is 8.41. The molecule has 5 rings (SSSR count). The average molecular weight is 580 g/mol. The lowest BCUT2D eigenvalue weighted by molar-refractivity contribution is 0.102. The topological polar surface area (TPSA) is 96.0 Å². The number of rotatable bonds is 11. The number of anilines is 2. The molecule has 2 N–H and O–H groups in total. The van der Waals surface area contributed by atoms with Gasteiger partial charge in [-0.2, -0.15) is 0 Å². The third-order valence-corrected chi connectivity index (χ3v) is 7.41. The van der Waals surface area contributed by atoms with Gasteiger partial charge in [-0.25, -0.2) is 4.79 Å². The second-order valence-corrected chi connectivity index (χ2v) is 10.4. The Morgan fingerprint density at radius 3 is 2.37 bits per heavy atom. The number of hydrogen-bond donors (Lipinski definition) is 2. The fraction of sp³-hybridized carbons (Fsp3) is 0.265. The Morgan fingerprint density at radius 1 is 0.860 bits per heavy atom. The van der Waals surface area contributed by atoms with E-state index in [0.29, 0.717) is 24.4 Å². The number of amides is 2. The van der Waals surface area contributed by atoms with Crippen LogP contribution in [0.15, 0.2) is 97.3 Å². The van der Waals surface area contributed by atoms with Gasteiger partial charge in [-0.1, -0.05) is 54.6 Å². The largest absolute Gasteiger partial charge is 0.445 e. The van der Waals surface area contributed by atoms with Crippen LogP contribution in [0.4, 0.5) is 16.2 Å². The highest BCUT2D eigenvalue weighted by atomic mass is 16.5. The van der Waals surface area contributed by atoms with Crippen molar-refractivity contribution in [3.05, 3.63) is 114 Å². The molecule has 3 aromatic carbocycles. The minimum Gasteiger partial charge on any atom is -0.445 e. The number of nitrogens with zero attached hydrogens (tertiary/aromatic N) is 3. The number of hydrogen-bond acceptors (Lipinski definition) is 7. The number of nitrogens with one attached hydrogen (secondary N) is 2. The number of carbonyl (C=O) groups is 2. The van der Waals surface area contributed by atoms with Crippen LogP contribution < -0.4 is 15.5 Å². The minimum atomic E-state index is -0.508. The van der Waals surface area contributed by atoms with Crippen molar-refractivity contribution < 1.29 is 19.1 Å². The van der Waals surface area contributed by atoms with Crippen LogP contribution in [-0.4, -0.2) is 68.3 Å². The van der Waals surface area contributed by atoms with E-state index in [2.05, 4.69) is 37.6 Å². The molecule has 1 aliphatic rings. The number of carbonyl (C=O) groups excluding carboxylic acids is 2. The molecule has 0 spiro atoms. The highest BCUT2D eigenvalue weighted by Crippen LogP contribution is 2.29. The van der Waals surface area contributed by atoms with E-state index in [4.69, 9.17) is 9.47 Å². The van der Waals surface area contributed by atoms with Crippen molar-refractivity contribution in [1.29, 1.82) is 0 Å². The van der Waals surface area contributed by atoms with Gasteiger partial charge in [0.25, 0.3) is 5.91 Å². The van der Waals surface area contributed by atoms with Gasteiger partial charge in [0.15, 0.2) is 0 Å². The Morgan fingerprint density at radius 2 is 1.65 bits per heavy atom. The first kappa shape index (κ1) is 29.8. The number of benzene rings is 3. The molecular formula is C34H37N5O4. The summed E-state index contributed by atoms with van der Waals surface area (Å²) in [6.45, 7) is 5.57. The molecule has 0 saturated carbocycles. The molecule has 1 aliphatic heterocycles. The molecule has 222 valence electrons. The van der Waals surface area contributed by atoms with Crippen LogP contribution in [0.3, 0.4) is 0 Å². The number of methoxy groups -OCH3 is 1. The first-order valence-corrected chi connectivity index (χ1v) is 14.4. The van der Waals surface area contributed by atoms with Crippen molar-refractivity contribution in [3.8, 4) is 11.1 Å². The van der Waals surface area contributed by atoms with Gasteiger partial charge in [0.1, 0.15) is 6.61 Å². The molecule has 2 amide bonds. The molecule has 1 saturated heterocycles. The number of ether oxygens (including phenoxy) is 2. The van der Waals surface area contributed by atoms with Gasteiger partial charge in [0.05, 0.1) is 12.2 Å². The van der Waals surface area contributed by atoms with Crippen molar-refractivity contribution in [2.24, 2.45) is 0 Å². The van der Waals surface area contributed by atoms with Gasteiger partial charge in [-0.05, 0) is 47.0 Å². The molecule has 0 aliphatic carbocycles. The maximum absolute atomic E-state index is 13.7. The maximum Gasteiger partial charge on any atom is 0.407 e. The van der Waals surface area contributed by atoms with Gasteiger partial charge >= 0.3 is 6.09 Å². The van der Waals surface area contributed by atoms with Gasteiger partial charge in [-0.3, -0.25) is 14.7 Å². The van der Waals surface area contributed by atoms with Crippen molar-refractivity contribution in [1.82, 2.24) is 15.2 Å². The van der Waals surface area contributed by atoms with Crippen molar-refractivity contribution in [3.63, 3.8) is 0 Å². The number of pyridine rings is 1. The summed E-state index contributed by atoms with van der Waals surface area (Å²) >= 11 is 0. The van der Waals surface area contributed by atoms with Gasteiger partial charge in [0.2, 0.25) is 0 Å². The lowest BCUT2D eigenvalue weighted by Crippen LogP contribution is -2.47. The molecule has 2 heterocycles. The molecule has 1 aromatic heterocycles. The third-order valence-electron chi connectivity index (χ3n) is 7.41. The lowest BCUT2D eigenvalue weighted by Gasteiger charge is -2.36. The maximum atomic E-state index is 13.7. The summed E-state index contributed by atoms with van der Waals surface area (Å²) in [4.78, 5) is 34.5. The Labute approximate surface area is 252 Å². The first-order chi connectivity index (χ1) is 21.1. The highest BCUT2D eigenvalue weighted by molar-refractivity contribution is 6.09. The van der Waals surface area contributed by atoms with Crippen LogP contribution in [0, 0.1) is 0 Å². The van der Waals surface area contributed by atoms with Crippen LogP contribution in [0.5, 0.6) is 0 Å². The fourth-order valence-electron chi connectivity index (χ4n) is 5.00. The van der Waals surface area contributed by atoms with Crippen molar-refractivity contribution in [2.45, 2.75) is 13.2 Å². The summed E-state index contributed by atoms with van der Waals surface area (Å²) in [6.07, 6.45) is 2.82. The Balaban J connectivity index is 1.23. The highest BCUT2D eigenvalue weighted by Gasteiger charge is 2.22. The number of aromatic nitrogens is 1. The standard InChI is InChI=1S/C34H37N5O4/c1-42-21-20-38-16-18-39(19-17-38)32-14-11-29(28-7-3-2-4-8-28)22-31(32)33(40)37-30-12-9-26(10-13-30)24-36-34(41)43-25-27-6-5-15-35-23-27/h2-15,22-23H,16-21,24-25H2,1H3,(H,36,41)(H,37,40). The van der Waals surface area contributed by atoms with Crippen LogP contribution >= 0.6 is 0 Å². The zero-order chi connectivity index (χ0) is 29.9. The second kappa shape index (κ2) is 14.9. The predicted octanol–water partition coefficient (Wildman–Crippen LogP) is 5.20. The SMILES string of the molecule is COCCN1CCN(c2ccc(-c3ccccc3)cc2C(=O)Nc2ccc(CNC(=O)OCc3cccnc3)cc2)CC1. The van der Waals surface area contributed by atoms with Gasteiger partial charge < -0.3 is 25.0 Å². The summed E-state index contributed by atoms with van der Waals surface area (Å²) in [5.41, 5.74) is 5.98. The molecule has 9 heteroatoms. The zero-order valence-corrected chi connectivity index (χ0v) is 24.4. The Hall–Kier alpha value is -4.73. The van der Waals surface area contributed by atoms with E-state index in [1.54, 1.807) is 25.6 Å². The van der Waals surface area contributed by atoms with E-state index < -0.39 is 6.09 Å². The Kier molecular flexibility index (Phi) is 10.3. The normalized spacial score (nSPS) is 13.4. The molecule has 0 bridgehead atoms. The molecule has 0 atom stereocenters. The predicted molar refractivity (Wildman–Crippen MR) is 168 cm³/mol. The summed E-state index contributed by atoms with van der Waals surface area (Å²) < 4.78 is 10.5. The van der Waals surface area contributed by atoms with Gasteiger partial charge in [0, 0.05) is 75.7 Å². The second-order valence-electron chi connectivity index (χ2n) is 10.4. The summed E-state index contributed by atoms with van der Waals surface area (Å²) in [5, 5.41) is 5.82. The number of piperazine rings is 1. The van der Waals surface area contributed by atoms with Crippen LogP contribution in [0.1, 0.15) is 21.5 Å². The van der Waals surface area contributed by atoms with Gasteiger partial charge in [-0.15, -0.1) is 0 Å². The van der Waals surface area contributed by atoms with E-state index in [-0.39, 0.29) is 12.5 Å². The molecule has 1 fully saturated rings. The summed E-state index contributed by atoms with van der Waals surface area (Å²) in [5.74, 6) is -0.167. The Bertz CT molecular complexity index is 1470. The van der Waals surface area contributed by atoms with E-state index in [1.165, 1.54) is 0 Å². The summed E-state index contributed by atoms with van der Waals surface area (Å²) in [6, 6.07) is 27.3. The molecular weight excluding hydrogens is 542 g/mol. The smallest absolute Gasteiger partial charge is 0.407 e.